The maximum Gasteiger partial charge on any atom is 0.129 e. The molecule has 0 aromatic heterocycles. The molecule has 0 radical (unpaired) electrons. The number of likely N-dealkylation sites (tertiary alicyclic amines) is 1. The number of hydrogen-bond acceptors (Lipinski definition) is 4. The Labute approximate surface area is 154 Å². The molecule has 2 fully saturated rings. The standard InChI is InChI=1S/C19H28ClFN2O2/c1-24-19(7-11-25-12-8-19)14-22-15-5-9-23(10-6-15)13-16-17(20)3-2-4-18(16)21/h2-4,15,22H,5-14H2,1H3. The Kier molecular flexibility index (Phi) is 6.69. The van der Waals surface area contributed by atoms with E-state index in [9.17, 15) is 4.39 Å². The van der Waals surface area contributed by atoms with Crippen LogP contribution in [0.25, 0.3) is 0 Å². The van der Waals surface area contributed by atoms with Gasteiger partial charge in [-0.2, -0.15) is 0 Å². The summed E-state index contributed by atoms with van der Waals surface area (Å²) in [7, 11) is 1.80. The molecule has 0 atom stereocenters. The summed E-state index contributed by atoms with van der Waals surface area (Å²) >= 11 is 6.14. The fourth-order valence-electron chi connectivity index (χ4n) is 3.73. The quantitative estimate of drug-likeness (QED) is 0.833. The highest BCUT2D eigenvalue weighted by atomic mass is 35.5. The number of methoxy groups -OCH3 is 1. The van der Waals surface area contributed by atoms with E-state index < -0.39 is 0 Å². The van der Waals surface area contributed by atoms with Crippen molar-refractivity contribution in [3.63, 3.8) is 0 Å². The average molecular weight is 371 g/mol. The largest absolute Gasteiger partial charge is 0.381 e. The first-order chi connectivity index (χ1) is 12.1. The molecule has 1 aromatic rings. The summed E-state index contributed by atoms with van der Waals surface area (Å²) in [5.74, 6) is -0.214. The minimum absolute atomic E-state index is 0.0872. The minimum atomic E-state index is -0.214. The first kappa shape index (κ1) is 19.1. The third-order valence-corrected chi connectivity index (χ3v) is 5.94. The van der Waals surface area contributed by atoms with E-state index in [2.05, 4.69) is 10.2 Å². The zero-order valence-corrected chi connectivity index (χ0v) is 15.7. The molecule has 1 aromatic carbocycles. The van der Waals surface area contributed by atoms with Crippen molar-refractivity contribution in [3.8, 4) is 0 Å². The van der Waals surface area contributed by atoms with Gasteiger partial charge >= 0.3 is 0 Å². The highest BCUT2D eigenvalue weighted by Crippen LogP contribution is 2.25. The van der Waals surface area contributed by atoms with Crippen LogP contribution in [0.2, 0.25) is 5.02 Å². The van der Waals surface area contributed by atoms with E-state index in [0.29, 0.717) is 23.2 Å². The van der Waals surface area contributed by atoms with Crippen molar-refractivity contribution in [2.45, 2.75) is 43.9 Å². The van der Waals surface area contributed by atoms with Crippen LogP contribution in [0.15, 0.2) is 18.2 Å². The number of hydrogen-bond donors (Lipinski definition) is 1. The minimum Gasteiger partial charge on any atom is -0.381 e. The third kappa shape index (κ3) is 4.92. The molecule has 25 heavy (non-hydrogen) atoms. The van der Waals surface area contributed by atoms with Crippen molar-refractivity contribution >= 4 is 11.6 Å². The van der Waals surface area contributed by atoms with Gasteiger partial charge in [-0.1, -0.05) is 17.7 Å². The lowest BCUT2D eigenvalue weighted by molar-refractivity contribution is -0.0892. The van der Waals surface area contributed by atoms with Gasteiger partial charge in [0.15, 0.2) is 0 Å². The van der Waals surface area contributed by atoms with E-state index in [1.807, 2.05) is 0 Å². The SMILES string of the molecule is COC1(CNC2CCN(Cc3c(F)cccc3Cl)CC2)CCOCC1. The normalized spacial score (nSPS) is 22.2. The molecular formula is C19H28ClFN2O2. The van der Waals surface area contributed by atoms with Gasteiger partial charge in [0.25, 0.3) is 0 Å². The third-order valence-electron chi connectivity index (χ3n) is 5.58. The van der Waals surface area contributed by atoms with E-state index >= 15 is 0 Å². The summed E-state index contributed by atoms with van der Waals surface area (Å²) in [6.45, 7) is 4.90. The molecular weight excluding hydrogens is 343 g/mol. The Hall–Kier alpha value is -0.720. The zero-order valence-electron chi connectivity index (χ0n) is 14.9. The van der Waals surface area contributed by atoms with E-state index in [-0.39, 0.29) is 11.4 Å². The molecule has 2 aliphatic heterocycles. The fraction of sp³-hybridized carbons (Fsp3) is 0.684. The molecule has 0 saturated carbocycles. The molecule has 0 amide bonds. The van der Waals surface area contributed by atoms with Crippen molar-refractivity contribution in [2.24, 2.45) is 0 Å². The topological polar surface area (TPSA) is 33.7 Å². The second-order valence-electron chi connectivity index (χ2n) is 7.13. The van der Waals surface area contributed by atoms with Gasteiger partial charge in [0.2, 0.25) is 0 Å². The van der Waals surface area contributed by atoms with E-state index in [4.69, 9.17) is 21.1 Å². The first-order valence-corrected chi connectivity index (χ1v) is 9.51. The van der Waals surface area contributed by atoms with Crippen molar-refractivity contribution < 1.29 is 13.9 Å². The Morgan fingerprint density at radius 2 is 2.04 bits per heavy atom. The Bertz CT molecular complexity index is 538. The lowest BCUT2D eigenvalue weighted by Crippen LogP contribution is -2.51. The highest BCUT2D eigenvalue weighted by molar-refractivity contribution is 6.31. The number of benzene rings is 1. The van der Waals surface area contributed by atoms with Crippen LogP contribution in [0, 0.1) is 5.82 Å². The summed E-state index contributed by atoms with van der Waals surface area (Å²) in [4.78, 5) is 2.28. The lowest BCUT2D eigenvalue weighted by atomic mass is 9.93. The summed E-state index contributed by atoms with van der Waals surface area (Å²) in [6, 6.07) is 5.38. The summed E-state index contributed by atoms with van der Waals surface area (Å²) < 4.78 is 25.2. The second-order valence-corrected chi connectivity index (χ2v) is 7.54. The van der Waals surface area contributed by atoms with Gasteiger partial charge in [-0.3, -0.25) is 4.90 Å². The number of nitrogens with zero attached hydrogens (tertiary/aromatic N) is 1. The maximum atomic E-state index is 13.9. The molecule has 3 rings (SSSR count). The van der Waals surface area contributed by atoms with Crippen LogP contribution in [0.4, 0.5) is 4.39 Å². The zero-order chi connectivity index (χ0) is 17.7. The Balaban J connectivity index is 1.46. The van der Waals surface area contributed by atoms with Crippen LogP contribution in [0.5, 0.6) is 0 Å². The molecule has 140 valence electrons. The number of piperidine rings is 1. The van der Waals surface area contributed by atoms with Crippen LogP contribution < -0.4 is 5.32 Å². The van der Waals surface area contributed by atoms with Crippen molar-refractivity contribution in [1.82, 2.24) is 10.2 Å². The Morgan fingerprint density at radius 3 is 2.68 bits per heavy atom. The maximum absolute atomic E-state index is 13.9. The van der Waals surface area contributed by atoms with E-state index in [0.717, 1.165) is 58.5 Å². The smallest absolute Gasteiger partial charge is 0.129 e. The average Bonchev–Trinajstić information content (AvgIpc) is 2.65. The molecule has 2 saturated heterocycles. The molecule has 0 unspecified atom stereocenters. The van der Waals surface area contributed by atoms with Crippen LogP contribution in [0.1, 0.15) is 31.2 Å². The molecule has 4 nitrogen and oxygen atoms in total. The number of nitrogens with one attached hydrogen (secondary N) is 1. The predicted octanol–water partition coefficient (Wildman–Crippen LogP) is 3.23. The summed E-state index contributed by atoms with van der Waals surface area (Å²) in [5, 5.41) is 4.20. The highest BCUT2D eigenvalue weighted by Gasteiger charge is 2.33. The van der Waals surface area contributed by atoms with Crippen LogP contribution in [0.3, 0.4) is 0 Å². The number of halogens is 2. The van der Waals surface area contributed by atoms with Gasteiger partial charge in [-0.15, -0.1) is 0 Å². The lowest BCUT2D eigenvalue weighted by Gasteiger charge is -2.39. The van der Waals surface area contributed by atoms with Crippen LogP contribution >= 0.6 is 11.6 Å². The number of ether oxygens (including phenoxy) is 2. The van der Waals surface area contributed by atoms with Gasteiger partial charge < -0.3 is 14.8 Å². The molecule has 0 aliphatic carbocycles. The molecule has 6 heteroatoms. The monoisotopic (exact) mass is 370 g/mol. The molecule has 1 N–H and O–H groups in total. The molecule has 2 heterocycles. The van der Waals surface area contributed by atoms with Crippen molar-refractivity contribution in [2.75, 3.05) is 40.0 Å². The van der Waals surface area contributed by atoms with Gasteiger partial charge in [0.05, 0.1) is 5.60 Å². The molecule has 2 aliphatic rings. The van der Waals surface area contributed by atoms with Gasteiger partial charge in [-0.05, 0) is 38.1 Å². The fourth-order valence-corrected chi connectivity index (χ4v) is 3.95. The molecule has 0 spiro atoms. The number of rotatable bonds is 6. The second kappa shape index (κ2) is 8.78. The Morgan fingerprint density at radius 1 is 1.32 bits per heavy atom. The molecule has 0 bridgehead atoms. The van der Waals surface area contributed by atoms with E-state index in [1.54, 1.807) is 19.2 Å². The van der Waals surface area contributed by atoms with Gasteiger partial charge in [0, 0.05) is 62.9 Å². The van der Waals surface area contributed by atoms with Crippen molar-refractivity contribution in [1.29, 1.82) is 0 Å². The summed E-state index contributed by atoms with van der Waals surface area (Å²) in [6.07, 6.45) is 4.01. The van der Waals surface area contributed by atoms with Gasteiger partial charge in [0.1, 0.15) is 5.82 Å². The predicted molar refractivity (Wildman–Crippen MR) is 97.5 cm³/mol. The van der Waals surface area contributed by atoms with Crippen LogP contribution in [-0.2, 0) is 16.0 Å². The van der Waals surface area contributed by atoms with Gasteiger partial charge in [-0.25, -0.2) is 4.39 Å². The van der Waals surface area contributed by atoms with Crippen LogP contribution in [-0.4, -0.2) is 56.5 Å². The van der Waals surface area contributed by atoms with E-state index in [1.165, 1.54) is 6.07 Å². The van der Waals surface area contributed by atoms with Crippen molar-refractivity contribution in [3.05, 3.63) is 34.6 Å². The summed E-state index contributed by atoms with van der Waals surface area (Å²) in [5.41, 5.74) is 0.520. The first-order valence-electron chi connectivity index (χ1n) is 9.13.